The van der Waals surface area contributed by atoms with E-state index in [0.717, 1.165) is 42.4 Å². The highest BCUT2D eigenvalue weighted by atomic mass is 16.5. The van der Waals surface area contributed by atoms with Gasteiger partial charge in [0.15, 0.2) is 6.10 Å². The van der Waals surface area contributed by atoms with Crippen LogP contribution in [0.3, 0.4) is 0 Å². The van der Waals surface area contributed by atoms with E-state index in [9.17, 15) is 4.79 Å². The van der Waals surface area contributed by atoms with E-state index in [-0.39, 0.29) is 5.91 Å². The van der Waals surface area contributed by atoms with Crippen molar-refractivity contribution < 1.29 is 9.53 Å². The molecule has 1 amide bonds. The first-order valence-corrected chi connectivity index (χ1v) is 8.60. The third-order valence-electron chi connectivity index (χ3n) is 4.52. The van der Waals surface area contributed by atoms with Crippen LogP contribution in [0.4, 0.5) is 5.95 Å². The van der Waals surface area contributed by atoms with E-state index in [1.807, 2.05) is 47.0 Å². The molecule has 25 heavy (non-hydrogen) atoms. The zero-order valence-corrected chi connectivity index (χ0v) is 14.1. The first kappa shape index (κ1) is 15.6. The molecule has 0 fully saturated rings. The summed E-state index contributed by atoms with van der Waals surface area (Å²) in [7, 11) is 0. The molecule has 4 rings (SSSR count). The second-order valence-electron chi connectivity index (χ2n) is 6.28. The first-order valence-electron chi connectivity index (χ1n) is 8.60. The monoisotopic (exact) mass is 336 g/mol. The molecule has 0 aliphatic carbocycles. The predicted molar refractivity (Wildman–Crippen MR) is 95.6 cm³/mol. The van der Waals surface area contributed by atoms with E-state index in [1.54, 1.807) is 6.92 Å². The summed E-state index contributed by atoms with van der Waals surface area (Å²) >= 11 is 0. The number of carbonyl (C=O) groups is 1. The fourth-order valence-corrected chi connectivity index (χ4v) is 3.15. The van der Waals surface area contributed by atoms with Crippen molar-refractivity contribution in [2.45, 2.75) is 38.8 Å². The summed E-state index contributed by atoms with van der Waals surface area (Å²) in [5.41, 5.74) is 0. The smallest absolute Gasteiger partial charge is 0.267 e. The lowest BCUT2D eigenvalue weighted by molar-refractivity contribution is -0.122. The molecule has 2 heterocycles. The van der Waals surface area contributed by atoms with Crippen LogP contribution in [-0.2, 0) is 17.8 Å². The third-order valence-corrected chi connectivity index (χ3v) is 4.52. The SMILES string of the molecule is C[C@H](Oc1cccc2ccccc12)C(=O)Nc1nnc2n1CCCC2. The molecule has 1 atom stereocenters. The molecule has 0 saturated carbocycles. The Hall–Kier alpha value is -2.89. The number of ether oxygens (including phenoxy) is 1. The maximum atomic E-state index is 12.5. The average Bonchev–Trinajstić information content (AvgIpc) is 3.05. The van der Waals surface area contributed by atoms with Gasteiger partial charge in [-0.2, -0.15) is 0 Å². The standard InChI is InChI=1S/C19H20N4O2/c1-13(25-16-10-6-8-14-7-2-3-9-15(14)16)18(24)20-19-22-21-17-11-4-5-12-23(17)19/h2-3,6-10,13H,4-5,11-12H2,1H3,(H,20,22,24)/t13-/m0/s1. The highest BCUT2D eigenvalue weighted by Gasteiger charge is 2.21. The molecular weight excluding hydrogens is 316 g/mol. The summed E-state index contributed by atoms with van der Waals surface area (Å²) in [6.07, 6.45) is 2.47. The van der Waals surface area contributed by atoms with Crippen molar-refractivity contribution in [3.8, 4) is 5.75 Å². The minimum absolute atomic E-state index is 0.228. The van der Waals surface area contributed by atoms with Gasteiger partial charge in [0.25, 0.3) is 5.91 Å². The Morgan fingerprint density at radius 2 is 2.00 bits per heavy atom. The lowest BCUT2D eigenvalue weighted by Gasteiger charge is -2.18. The van der Waals surface area contributed by atoms with Gasteiger partial charge < -0.3 is 4.74 Å². The summed E-state index contributed by atoms with van der Waals surface area (Å²) in [4.78, 5) is 12.5. The van der Waals surface area contributed by atoms with E-state index >= 15 is 0 Å². The number of nitrogens with zero attached hydrogens (tertiary/aromatic N) is 3. The van der Waals surface area contributed by atoms with Gasteiger partial charge >= 0.3 is 0 Å². The molecule has 6 heteroatoms. The minimum Gasteiger partial charge on any atom is -0.480 e. The second-order valence-corrected chi connectivity index (χ2v) is 6.28. The fourth-order valence-electron chi connectivity index (χ4n) is 3.15. The highest BCUT2D eigenvalue weighted by Crippen LogP contribution is 2.26. The van der Waals surface area contributed by atoms with Crippen LogP contribution in [0.1, 0.15) is 25.6 Å². The number of aryl methyl sites for hydroxylation is 1. The number of nitrogens with one attached hydrogen (secondary N) is 1. The normalized spacial score (nSPS) is 14.8. The Kier molecular flexibility index (Phi) is 4.09. The number of hydrogen-bond donors (Lipinski definition) is 1. The summed E-state index contributed by atoms with van der Waals surface area (Å²) in [5, 5.41) is 13.2. The van der Waals surface area contributed by atoms with Gasteiger partial charge in [-0.05, 0) is 31.2 Å². The van der Waals surface area contributed by atoms with Crippen molar-refractivity contribution in [3.05, 3.63) is 48.3 Å². The molecule has 3 aromatic rings. The highest BCUT2D eigenvalue weighted by molar-refractivity contribution is 5.93. The van der Waals surface area contributed by atoms with Crippen LogP contribution in [-0.4, -0.2) is 26.8 Å². The van der Waals surface area contributed by atoms with Gasteiger partial charge in [-0.15, -0.1) is 10.2 Å². The van der Waals surface area contributed by atoms with Crippen molar-refractivity contribution in [3.63, 3.8) is 0 Å². The van der Waals surface area contributed by atoms with Gasteiger partial charge in [-0.1, -0.05) is 36.4 Å². The van der Waals surface area contributed by atoms with Gasteiger partial charge in [0, 0.05) is 18.4 Å². The maximum Gasteiger partial charge on any atom is 0.267 e. The van der Waals surface area contributed by atoms with Crippen LogP contribution in [0.25, 0.3) is 10.8 Å². The van der Waals surface area contributed by atoms with Crippen LogP contribution in [0, 0.1) is 0 Å². The van der Waals surface area contributed by atoms with Crippen molar-refractivity contribution in [2.24, 2.45) is 0 Å². The molecule has 6 nitrogen and oxygen atoms in total. The molecule has 0 bridgehead atoms. The van der Waals surface area contributed by atoms with E-state index in [0.29, 0.717) is 11.7 Å². The molecular formula is C19H20N4O2. The number of amides is 1. The second kappa shape index (κ2) is 6.55. The Morgan fingerprint density at radius 3 is 2.92 bits per heavy atom. The Balaban J connectivity index is 1.50. The Morgan fingerprint density at radius 1 is 1.16 bits per heavy atom. The van der Waals surface area contributed by atoms with Gasteiger partial charge in [-0.3, -0.25) is 14.7 Å². The number of anilines is 1. The van der Waals surface area contributed by atoms with Crippen molar-refractivity contribution >= 4 is 22.6 Å². The van der Waals surface area contributed by atoms with Crippen LogP contribution >= 0.6 is 0 Å². The number of benzene rings is 2. The van der Waals surface area contributed by atoms with Crippen LogP contribution in [0.2, 0.25) is 0 Å². The lowest BCUT2D eigenvalue weighted by Crippen LogP contribution is -2.31. The number of aromatic nitrogens is 3. The minimum atomic E-state index is -0.637. The third kappa shape index (κ3) is 3.07. The molecule has 0 spiro atoms. The van der Waals surface area contributed by atoms with Gasteiger partial charge in [0.05, 0.1) is 0 Å². The van der Waals surface area contributed by atoms with Gasteiger partial charge in [0.1, 0.15) is 11.6 Å². The molecule has 2 aromatic carbocycles. The van der Waals surface area contributed by atoms with Crippen LogP contribution in [0.5, 0.6) is 5.75 Å². The molecule has 1 aromatic heterocycles. The quantitative estimate of drug-likeness (QED) is 0.794. The van der Waals surface area contributed by atoms with Crippen LogP contribution < -0.4 is 10.1 Å². The van der Waals surface area contributed by atoms with Crippen molar-refractivity contribution in [2.75, 3.05) is 5.32 Å². The van der Waals surface area contributed by atoms with E-state index in [1.165, 1.54) is 0 Å². The molecule has 128 valence electrons. The van der Waals surface area contributed by atoms with E-state index in [2.05, 4.69) is 15.5 Å². The Bertz CT molecular complexity index is 913. The first-order chi connectivity index (χ1) is 12.2. The Labute approximate surface area is 145 Å². The fraction of sp³-hybridized carbons (Fsp3) is 0.316. The molecule has 0 radical (unpaired) electrons. The summed E-state index contributed by atoms with van der Waals surface area (Å²) < 4.78 is 7.89. The summed E-state index contributed by atoms with van der Waals surface area (Å²) in [5.74, 6) is 1.91. The number of fused-ring (bicyclic) bond motifs is 2. The topological polar surface area (TPSA) is 69.0 Å². The van der Waals surface area contributed by atoms with E-state index in [4.69, 9.17) is 4.74 Å². The molecule has 1 N–H and O–H groups in total. The largest absolute Gasteiger partial charge is 0.480 e. The zero-order valence-electron chi connectivity index (χ0n) is 14.1. The number of hydrogen-bond acceptors (Lipinski definition) is 4. The van der Waals surface area contributed by atoms with Crippen LogP contribution in [0.15, 0.2) is 42.5 Å². The molecule has 1 aliphatic heterocycles. The molecule has 1 aliphatic rings. The number of carbonyl (C=O) groups excluding carboxylic acids is 1. The summed E-state index contributed by atoms with van der Waals surface area (Å²) in [6, 6.07) is 13.8. The maximum absolute atomic E-state index is 12.5. The average molecular weight is 336 g/mol. The van der Waals surface area contributed by atoms with Gasteiger partial charge in [-0.25, -0.2) is 0 Å². The van der Waals surface area contributed by atoms with Gasteiger partial charge in [0.2, 0.25) is 5.95 Å². The molecule has 0 saturated heterocycles. The zero-order chi connectivity index (χ0) is 17.2. The predicted octanol–water partition coefficient (Wildman–Crippen LogP) is 3.17. The van der Waals surface area contributed by atoms with Crippen molar-refractivity contribution in [1.82, 2.24) is 14.8 Å². The lowest BCUT2D eigenvalue weighted by atomic mass is 10.1. The van der Waals surface area contributed by atoms with E-state index < -0.39 is 6.10 Å². The summed E-state index contributed by atoms with van der Waals surface area (Å²) in [6.45, 7) is 2.58. The number of rotatable bonds is 4. The molecule has 0 unspecified atom stereocenters. The van der Waals surface area contributed by atoms with Crippen molar-refractivity contribution in [1.29, 1.82) is 0 Å².